The second kappa shape index (κ2) is 5.42. The molecule has 1 atom stereocenters. The smallest absolute Gasteiger partial charge is 0.278 e. The number of hydrogen-bond acceptors (Lipinski definition) is 5. The van der Waals surface area contributed by atoms with Crippen molar-refractivity contribution in [1.29, 1.82) is 0 Å². The van der Waals surface area contributed by atoms with Gasteiger partial charge in [-0.05, 0) is 25.0 Å². The summed E-state index contributed by atoms with van der Waals surface area (Å²) in [6, 6.07) is 5.05. The summed E-state index contributed by atoms with van der Waals surface area (Å²) >= 11 is 0. The molecule has 1 fully saturated rings. The number of pyridine rings is 1. The molecule has 1 aliphatic heterocycles. The molecule has 0 bridgehead atoms. The van der Waals surface area contributed by atoms with E-state index in [1.165, 1.54) is 12.3 Å². The second-order valence-electron chi connectivity index (χ2n) is 4.83. The Hall–Kier alpha value is -2.21. The van der Waals surface area contributed by atoms with Crippen LogP contribution < -0.4 is 5.32 Å². The summed E-state index contributed by atoms with van der Waals surface area (Å²) in [6.07, 6.45) is 5.55. The molecule has 0 radical (unpaired) electrons. The Labute approximate surface area is 115 Å². The minimum atomic E-state index is -0.381. The number of nitrogens with zero attached hydrogens (tertiary/aromatic N) is 2. The molecule has 6 nitrogen and oxygen atoms in total. The zero-order valence-corrected chi connectivity index (χ0v) is 10.9. The number of rotatable bonds is 4. The van der Waals surface area contributed by atoms with Crippen LogP contribution in [0.4, 0.5) is 11.4 Å². The summed E-state index contributed by atoms with van der Waals surface area (Å²) < 4.78 is 5.57. The Bertz CT molecular complexity index is 639. The summed E-state index contributed by atoms with van der Waals surface area (Å²) in [5.41, 5.74) is 0.958. The van der Waals surface area contributed by atoms with E-state index in [4.69, 9.17) is 4.74 Å². The van der Waals surface area contributed by atoms with Crippen LogP contribution in [0.2, 0.25) is 0 Å². The topological polar surface area (TPSA) is 77.3 Å². The molecule has 1 saturated heterocycles. The van der Waals surface area contributed by atoms with E-state index < -0.39 is 0 Å². The van der Waals surface area contributed by atoms with E-state index in [0.717, 1.165) is 37.1 Å². The predicted octanol–water partition coefficient (Wildman–Crippen LogP) is 2.73. The van der Waals surface area contributed by atoms with E-state index in [9.17, 15) is 10.1 Å². The number of ether oxygens (including phenoxy) is 1. The van der Waals surface area contributed by atoms with Crippen molar-refractivity contribution in [2.75, 3.05) is 18.5 Å². The Kier molecular flexibility index (Phi) is 3.47. The number of nitrogens with one attached hydrogen (secondary N) is 1. The molecule has 0 aliphatic carbocycles. The van der Waals surface area contributed by atoms with E-state index in [1.54, 1.807) is 18.3 Å². The van der Waals surface area contributed by atoms with E-state index in [1.807, 2.05) is 0 Å². The van der Waals surface area contributed by atoms with Crippen LogP contribution in [0, 0.1) is 10.1 Å². The van der Waals surface area contributed by atoms with Crippen LogP contribution in [0.15, 0.2) is 30.6 Å². The van der Waals surface area contributed by atoms with Gasteiger partial charge in [0.05, 0.1) is 16.4 Å². The molecular weight excluding hydrogens is 258 g/mol. The predicted molar refractivity (Wildman–Crippen MR) is 75.9 cm³/mol. The Morgan fingerprint density at radius 2 is 2.30 bits per heavy atom. The van der Waals surface area contributed by atoms with Gasteiger partial charge in [-0.25, -0.2) is 0 Å². The highest BCUT2D eigenvalue weighted by atomic mass is 16.6. The minimum Gasteiger partial charge on any atom is -0.382 e. The van der Waals surface area contributed by atoms with Crippen molar-refractivity contribution in [2.45, 2.75) is 18.9 Å². The highest BCUT2D eigenvalue weighted by Gasteiger charge is 2.17. The first-order valence-corrected chi connectivity index (χ1v) is 6.62. The van der Waals surface area contributed by atoms with Gasteiger partial charge in [0.2, 0.25) is 0 Å². The molecule has 1 unspecified atom stereocenters. The van der Waals surface area contributed by atoms with Crippen LogP contribution in [0.3, 0.4) is 0 Å². The van der Waals surface area contributed by atoms with Crippen LogP contribution in [-0.4, -0.2) is 29.2 Å². The molecule has 1 N–H and O–H groups in total. The lowest BCUT2D eigenvalue weighted by Crippen LogP contribution is -2.18. The van der Waals surface area contributed by atoms with Gasteiger partial charge >= 0.3 is 0 Å². The summed E-state index contributed by atoms with van der Waals surface area (Å²) in [6.45, 7) is 1.53. The molecule has 3 rings (SSSR count). The van der Waals surface area contributed by atoms with Crippen molar-refractivity contribution in [1.82, 2.24) is 4.98 Å². The van der Waals surface area contributed by atoms with Gasteiger partial charge < -0.3 is 10.1 Å². The molecular formula is C14H15N3O3. The van der Waals surface area contributed by atoms with Gasteiger partial charge in [-0.2, -0.15) is 0 Å². The van der Waals surface area contributed by atoms with Crippen molar-refractivity contribution in [3.05, 3.63) is 40.7 Å². The second-order valence-corrected chi connectivity index (χ2v) is 4.83. The van der Waals surface area contributed by atoms with Crippen molar-refractivity contribution in [2.24, 2.45) is 0 Å². The third-order valence-corrected chi connectivity index (χ3v) is 3.54. The van der Waals surface area contributed by atoms with Crippen molar-refractivity contribution in [3.63, 3.8) is 0 Å². The molecule has 1 aromatic carbocycles. The van der Waals surface area contributed by atoms with Crippen molar-refractivity contribution in [3.8, 4) is 0 Å². The molecule has 1 aromatic heterocycles. The quantitative estimate of drug-likeness (QED) is 0.684. The number of non-ortho nitro benzene ring substituents is 1. The van der Waals surface area contributed by atoms with Crippen LogP contribution in [0.5, 0.6) is 0 Å². The highest BCUT2D eigenvalue weighted by molar-refractivity contribution is 5.99. The number of hydrogen-bond donors (Lipinski definition) is 1. The largest absolute Gasteiger partial charge is 0.382 e. The first-order chi connectivity index (χ1) is 9.75. The Balaban J connectivity index is 1.91. The van der Waals surface area contributed by atoms with Gasteiger partial charge in [-0.3, -0.25) is 15.1 Å². The normalized spacial score (nSPS) is 18.3. The highest BCUT2D eigenvalue weighted by Crippen LogP contribution is 2.30. The summed E-state index contributed by atoms with van der Waals surface area (Å²) in [4.78, 5) is 14.6. The molecule has 1 aliphatic rings. The van der Waals surface area contributed by atoms with Gasteiger partial charge in [0, 0.05) is 42.7 Å². The third kappa shape index (κ3) is 2.42. The molecule has 0 amide bonds. The lowest BCUT2D eigenvalue weighted by Gasteiger charge is -2.13. The van der Waals surface area contributed by atoms with Gasteiger partial charge in [-0.15, -0.1) is 0 Å². The minimum absolute atomic E-state index is 0.0794. The maximum Gasteiger partial charge on any atom is 0.278 e. The molecule has 104 valence electrons. The van der Waals surface area contributed by atoms with E-state index in [-0.39, 0.29) is 16.7 Å². The molecule has 20 heavy (non-hydrogen) atoms. The lowest BCUT2D eigenvalue weighted by molar-refractivity contribution is -0.383. The van der Waals surface area contributed by atoms with Crippen molar-refractivity contribution >= 4 is 22.1 Å². The average Bonchev–Trinajstić information content (AvgIpc) is 2.97. The first kappa shape index (κ1) is 12.8. The van der Waals surface area contributed by atoms with E-state index in [2.05, 4.69) is 10.3 Å². The number of benzene rings is 1. The maximum absolute atomic E-state index is 11.0. The molecule has 2 heterocycles. The zero-order chi connectivity index (χ0) is 13.9. The molecule has 2 aromatic rings. The summed E-state index contributed by atoms with van der Waals surface area (Å²) in [5.74, 6) is 0. The van der Waals surface area contributed by atoms with E-state index >= 15 is 0 Å². The number of aromatic nitrogens is 1. The van der Waals surface area contributed by atoms with Gasteiger partial charge in [0.15, 0.2) is 0 Å². The fourth-order valence-corrected chi connectivity index (χ4v) is 2.52. The van der Waals surface area contributed by atoms with Crippen LogP contribution in [0.1, 0.15) is 12.8 Å². The number of fused-ring (bicyclic) bond motifs is 1. The van der Waals surface area contributed by atoms with Crippen LogP contribution in [0.25, 0.3) is 10.8 Å². The maximum atomic E-state index is 11.0. The fraction of sp³-hybridized carbons (Fsp3) is 0.357. The summed E-state index contributed by atoms with van der Waals surface area (Å²) in [7, 11) is 0. The standard InChI is InChI=1S/C14H15N3O3/c18-17(19)14-4-3-13(11-5-6-15-9-12(11)14)16-8-10-2-1-7-20-10/h3-6,9-10,16H,1-2,7-8H2. The van der Waals surface area contributed by atoms with Gasteiger partial charge in [0.1, 0.15) is 0 Å². The monoisotopic (exact) mass is 273 g/mol. The first-order valence-electron chi connectivity index (χ1n) is 6.62. The Morgan fingerprint density at radius 3 is 3.05 bits per heavy atom. The third-order valence-electron chi connectivity index (χ3n) is 3.54. The van der Waals surface area contributed by atoms with Crippen molar-refractivity contribution < 1.29 is 9.66 Å². The fourth-order valence-electron chi connectivity index (χ4n) is 2.52. The molecule has 0 saturated carbocycles. The number of nitro groups is 1. The van der Waals surface area contributed by atoms with Gasteiger partial charge in [0.25, 0.3) is 5.69 Å². The van der Waals surface area contributed by atoms with Gasteiger partial charge in [-0.1, -0.05) is 0 Å². The number of anilines is 1. The summed E-state index contributed by atoms with van der Waals surface area (Å²) in [5, 5.41) is 15.7. The zero-order valence-electron chi connectivity index (χ0n) is 10.9. The number of nitro benzene ring substituents is 1. The van der Waals surface area contributed by atoms with E-state index in [0.29, 0.717) is 5.39 Å². The van der Waals surface area contributed by atoms with Crippen LogP contribution in [-0.2, 0) is 4.74 Å². The van der Waals surface area contributed by atoms with Crippen LogP contribution >= 0.6 is 0 Å². The SMILES string of the molecule is O=[N+]([O-])c1ccc(NCC2CCCO2)c2ccncc12. The Morgan fingerprint density at radius 1 is 1.40 bits per heavy atom. The molecule has 0 spiro atoms. The lowest BCUT2D eigenvalue weighted by atomic mass is 10.1. The average molecular weight is 273 g/mol. The molecule has 6 heteroatoms.